The Morgan fingerprint density at radius 2 is 2.07 bits per heavy atom. The monoisotopic (exact) mass is 362 g/mol. The number of aromatic nitrogens is 5. The van der Waals surface area contributed by atoms with Crippen molar-refractivity contribution >= 4 is 5.91 Å². The lowest BCUT2D eigenvalue weighted by Crippen LogP contribution is -2.39. The Morgan fingerprint density at radius 3 is 2.81 bits per heavy atom. The Kier molecular flexibility index (Phi) is 4.66. The smallest absolute Gasteiger partial charge is 0.274 e. The highest BCUT2D eigenvalue weighted by atomic mass is 16.2. The first-order valence-corrected chi connectivity index (χ1v) is 9.13. The van der Waals surface area contributed by atoms with Gasteiger partial charge in [0.25, 0.3) is 5.91 Å². The fourth-order valence-electron chi connectivity index (χ4n) is 3.61. The molecule has 3 aromatic rings. The molecule has 0 unspecified atom stereocenters. The van der Waals surface area contributed by atoms with Gasteiger partial charge in [0.15, 0.2) is 0 Å². The second kappa shape index (κ2) is 7.26. The van der Waals surface area contributed by atoms with Crippen LogP contribution in [0.3, 0.4) is 0 Å². The van der Waals surface area contributed by atoms with Crippen LogP contribution in [0.5, 0.6) is 0 Å². The standard InChI is InChI=1S/C20H22N6O/c1-14-8-16(17-10-23-25(2)12-17)9-18(24-14)15-4-3-7-26(13-15)20(27)19-11-21-5-6-22-19/h5-6,8-12,15H,3-4,7,13H2,1-2H3/t15-/m0/s1. The first-order chi connectivity index (χ1) is 13.1. The van der Waals surface area contributed by atoms with E-state index in [0.717, 1.165) is 41.9 Å². The highest BCUT2D eigenvalue weighted by Crippen LogP contribution is 2.30. The predicted molar refractivity (Wildman–Crippen MR) is 101 cm³/mol. The van der Waals surface area contributed by atoms with Crippen LogP contribution in [0.4, 0.5) is 0 Å². The number of carbonyl (C=O) groups excluding carboxylic acids is 1. The minimum absolute atomic E-state index is 0.0621. The Bertz CT molecular complexity index is 952. The maximum atomic E-state index is 12.7. The molecule has 138 valence electrons. The van der Waals surface area contributed by atoms with E-state index in [1.54, 1.807) is 17.1 Å². The molecular weight excluding hydrogens is 340 g/mol. The molecule has 0 bridgehead atoms. The van der Waals surface area contributed by atoms with Gasteiger partial charge in [0, 0.05) is 61.6 Å². The summed E-state index contributed by atoms with van der Waals surface area (Å²) in [7, 11) is 1.91. The molecule has 1 fully saturated rings. The molecule has 1 aliphatic heterocycles. The number of pyridine rings is 1. The molecule has 7 heteroatoms. The third-order valence-electron chi connectivity index (χ3n) is 4.92. The van der Waals surface area contributed by atoms with E-state index >= 15 is 0 Å². The number of carbonyl (C=O) groups is 1. The third kappa shape index (κ3) is 3.72. The largest absolute Gasteiger partial charge is 0.337 e. The quantitative estimate of drug-likeness (QED) is 0.716. The molecular formula is C20H22N6O. The Balaban J connectivity index is 1.58. The molecule has 27 heavy (non-hydrogen) atoms. The van der Waals surface area contributed by atoms with Crippen molar-refractivity contribution in [2.75, 3.05) is 13.1 Å². The lowest BCUT2D eigenvalue weighted by atomic mass is 9.92. The zero-order valence-electron chi connectivity index (χ0n) is 15.5. The van der Waals surface area contributed by atoms with E-state index in [-0.39, 0.29) is 11.8 Å². The zero-order valence-corrected chi connectivity index (χ0v) is 15.5. The third-order valence-corrected chi connectivity index (χ3v) is 4.92. The van der Waals surface area contributed by atoms with Crippen molar-refractivity contribution in [1.82, 2.24) is 29.6 Å². The van der Waals surface area contributed by atoms with E-state index < -0.39 is 0 Å². The number of amides is 1. The molecule has 1 aliphatic rings. The minimum Gasteiger partial charge on any atom is -0.337 e. The second-order valence-electron chi connectivity index (χ2n) is 7.01. The van der Waals surface area contributed by atoms with Gasteiger partial charge < -0.3 is 4.90 Å². The number of rotatable bonds is 3. The van der Waals surface area contributed by atoms with E-state index in [0.29, 0.717) is 12.2 Å². The highest BCUT2D eigenvalue weighted by molar-refractivity contribution is 5.92. The summed E-state index contributed by atoms with van der Waals surface area (Å²) in [4.78, 5) is 27.5. The molecule has 0 spiro atoms. The summed E-state index contributed by atoms with van der Waals surface area (Å²) in [6.45, 7) is 3.40. The summed E-state index contributed by atoms with van der Waals surface area (Å²) in [5.41, 5.74) is 4.59. The number of hydrogen-bond donors (Lipinski definition) is 0. The molecule has 1 atom stereocenters. The second-order valence-corrected chi connectivity index (χ2v) is 7.01. The van der Waals surface area contributed by atoms with Crippen LogP contribution in [0, 0.1) is 6.92 Å². The van der Waals surface area contributed by atoms with Crippen LogP contribution >= 0.6 is 0 Å². The van der Waals surface area contributed by atoms with Crippen LogP contribution in [-0.4, -0.2) is 48.6 Å². The molecule has 1 amide bonds. The van der Waals surface area contributed by atoms with Gasteiger partial charge in [-0.2, -0.15) is 5.10 Å². The van der Waals surface area contributed by atoms with Crippen molar-refractivity contribution in [3.63, 3.8) is 0 Å². The molecule has 0 radical (unpaired) electrons. The molecule has 1 saturated heterocycles. The van der Waals surface area contributed by atoms with E-state index in [9.17, 15) is 4.79 Å². The van der Waals surface area contributed by atoms with E-state index in [1.807, 2.05) is 31.3 Å². The van der Waals surface area contributed by atoms with Gasteiger partial charge in [-0.15, -0.1) is 0 Å². The van der Waals surface area contributed by atoms with Gasteiger partial charge in [0.1, 0.15) is 5.69 Å². The molecule has 0 N–H and O–H groups in total. The summed E-state index contributed by atoms with van der Waals surface area (Å²) in [5, 5.41) is 4.26. The summed E-state index contributed by atoms with van der Waals surface area (Å²) >= 11 is 0. The summed E-state index contributed by atoms with van der Waals surface area (Å²) in [6, 6.07) is 4.21. The van der Waals surface area contributed by atoms with Crippen LogP contribution in [0.2, 0.25) is 0 Å². The maximum Gasteiger partial charge on any atom is 0.274 e. The van der Waals surface area contributed by atoms with E-state index in [2.05, 4.69) is 27.2 Å². The van der Waals surface area contributed by atoms with Gasteiger partial charge >= 0.3 is 0 Å². The van der Waals surface area contributed by atoms with Crippen molar-refractivity contribution < 1.29 is 4.79 Å². The van der Waals surface area contributed by atoms with Crippen LogP contribution in [0.1, 0.15) is 40.6 Å². The number of piperidine rings is 1. The molecule has 0 aromatic carbocycles. The summed E-state index contributed by atoms with van der Waals surface area (Å²) < 4.78 is 1.80. The van der Waals surface area contributed by atoms with Crippen LogP contribution in [0.25, 0.3) is 11.1 Å². The van der Waals surface area contributed by atoms with Gasteiger partial charge in [-0.1, -0.05) is 0 Å². The van der Waals surface area contributed by atoms with Crippen molar-refractivity contribution in [3.8, 4) is 11.1 Å². The average molecular weight is 362 g/mol. The van der Waals surface area contributed by atoms with Gasteiger partial charge in [-0.3, -0.25) is 19.4 Å². The minimum atomic E-state index is -0.0621. The Labute approximate surface area is 158 Å². The lowest BCUT2D eigenvalue weighted by Gasteiger charge is -2.32. The van der Waals surface area contributed by atoms with Gasteiger partial charge in [0.05, 0.1) is 12.4 Å². The van der Waals surface area contributed by atoms with Crippen LogP contribution < -0.4 is 0 Å². The first kappa shape index (κ1) is 17.3. The van der Waals surface area contributed by atoms with E-state index in [1.165, 1.54) is 6.20 Å². The normalized spacial score (nSPS) is 17.1. The fraction of sp³-hybridized carbons (Fsp3) is 0.350. The number of likely N-dealkylation sites (tertiary alicyclic amines) is 1. The first-order valence-electron chi connectivity index (χ1n) is 9.13. The molecule has 0 saturated carbocycles. The van der Waals surface area contributed by atoms with Gasteiger partial charge in [-0.25, -0.2) is 4.98 Å². The zero-order chi connectivity index (χ0) is 18.8. The SMILES string of the molecule is Cc1cc(-c2cnn(C)c2)cc([C@H]2CCCN(C(=O)c3cnccn3)C2)n1. The van der Waals surface area contributed by atoms with Gasteiger partial charge in [0.2, 0.25) is 0 Å². The topological polar surface area (TPSA) is 76.8 Å². The molecule has 3 aromatic heterocycles. The maximum absolute atomic E-state index is 12.7. The van der Waals surface area contributed by atoms with Crippen LogP contribution in [-0.2, 0) is 7.05 Å². The van der Waals surface area contributed by atoms with Gasteiger partial charge in [-0.05, 0) is 37.5 Å². The van der Waals surface area contributed by atoms with Crippen molar-refractivity contribution in [1.29, 1.82) is 0 Å². The van der Waals surface area contributed by atoms with Crippen molar-refractivity contribution in [2.45, 2.75) is 25.7 Å². The van der Waals surface area contributed by atoms with E-state index in [4.69, 9.17) is 4.98 Å². The molecule has 7 nitrogen and oxygen atoms in total. The number of nitrogens with zero attached hydrogens (tertiary/aromatic N) is 6. The van der Waals surface area contributed by atoms with Crippen molar-refractivity contribution in [2.24, 2.45) is 7.05 Å². The molecule has 0 aliphatic carbocycles. The Hall–Kier alpha value is -3.09. The number of hydrogen-bond acceptors (Lipinski definition) is 5. The highest BCUT2D eigenvalue weighted by Gasteiger charge is 2.27. The number of aryl methyl sites for hydroxylation is 2. The summed E-state index contributed by atoms with van der Waals surface area (Å²) in [5.74, 6) is 0.155. The Morgan fingerprint density at radius 1 is 1.19 bits per heavy atom. The fourth-order valence-corrected chi connectivity index (χ4v) is 3.61. The lowest BCUT2D eigenvalue weighted by molar-refractivity contribution is 0.0699. The van der Waals surface area contributed by atoms with Crippen molar-refractivity contribution in [3.05, 3.63) is 60.2 Å². The predicted octanol–water partition coefficient (Wildman–Crippen LogP) is 2.60. The average Bonchev–Trinajstić information content (AvgIpc) is 3.14. The molecule has 4 rings (SSSR count). The molecule has 4 heterocycles. The van der Waals surface area contributed by atoms with Crippen LogP contribution in [0.15, 0.2) is 43.1 Å². The summed E-state index contributed by atoms with van der Waals surface area (Å²) in [6.07, 6.45) is 10.5.